The van der Waals surface area contributed by atoms with Crippen molar-refractivity contribution < 1.29 is 13.9 Å². The Balaban J connectivity index is 1.40. The van der Waals surface area contributed by atoms with E-state index in [0.29, 0.717) is 18.2 Å². The van der Waals surface area contributed by atoms with Gasteiger partial charge in [0.25, 0.3) is 0 Å². The van der Waals surface area contributed by atoms with Gasteiger partial charge in [-0.05, 0) is 53.8 Å². The van der Waals surface area contributed by atoms with Crippen LogP contribution in [0, 0.1) is 5.82 Å². The predicted molar refractivity (Wildman–Crippen MR) is 111 cm³/mol. The third kappa shape index (κ3) is 5.57. The van der Waals surface area contributed by atoms with Crippen LogP contribution in [0.3, 0.4) is 0 Å². The van der Waals surface area contributed by atoms with E-state index < -0.39 is 0 Å². The van der Waals surface area contributed by atoms with Crippen LogP contribution in [0.5, 0.6) is 0 Å². The lowest BCUT2D eigenvalue weighted by Gasteiger charge is -2.34. The van der Waals surface area contributed by atoms with E-state index >= 15 is 0 Å². The lowest BCUT2D eigenvalue weighted by Crippen LogP contribution is -2.42. The number of carbonyl (C=O) groups excluding carboxylic acids is 1. The topological polar surface area (TPSA) is 73.1 Å². The molecule has 1 saturated heterocycles. The van der Waals surface area contributed by atoms with E-state index in [4.69, 9.17) is 4.74 Å². The summed E-state index contributed by atoms with van der Waals surface area (Å²) >= 11 is 1.37. The molecule has 2 heterocycles. The van der Waals surface area contributed by atoms with Crippen molar-refractivity contribution in [1.29, 1.82) is 0 Å². The number of tetrazole rings is 1. The zero-order valence-corrected chi connectivity index (χ0v) is 17.9. The number of carbonyl (C=O) groups is 1. The lowest BCUT2D eigenvalue weighted by atomic mass is 9.94. The van der Waals surface area contributed by atoms with E-state index in [1.807, 2.05) is 4.90 Å². The second kappa shape index (κ2) is 10.3. The molecular formula is C21H28FN5O2S. The third-order valence-electron chi connectivity index (χ3n) is 5.83. The van der Waals surface area contributed by atoms with Gasteiger partial charge in [0.05, 0.1) is 18.4 Å². The Morgan fingerprint density at radius 3 is 2.70 bits per heavy atom. The van der Waals surface area contributed by atoms with Crippen LogP contribution in [-0.4, -0.2) is 55.5 Å². The monoisotopic (exact) mass is 433 g/mol. The molecule has 0 spiro atoms. The average molecular weight is 434 g/mol. The molecule has 1 aliphatic heterocycles. The molecule has 1 aromatic heterocycles. The van der Waals surface area contributed by atoms with Crippen LogP contribution in [0.25, 0.3) is 0 Å². The zero-order chi connectivity index (χ0) is 20.8. The number of rotatable bonds is 8. The van der Waals surface area contributed by atoms with Crippen molar-refractivity contribution in [3.05, 3.63) is 35.6 Å². The SMILES string of the molecule is O=C(CSc1nnnn1C[C@@H]1CCCO1)N(Cc1ccc(F)cc1)C1CCCCC1. The highest BCUT2D eigenvalue weighted by Gasteiger charge is 2.26. The van der Waals surface area contributed by atoms with E-state index in [1.165, 1.54) is 30.3 Å². The Kier molecular flexibility index (Phi) is 7.33. The first-order chi connectivity index (χ1) is 14.7. The van der Waals surface area contributed by atoms with Gasteiger partial charge in [0, 0.05) is 19.2 Å². The third-order valence-corrected chi connectivity index (χ3v) is 6.77. The maximum absolute atomic E-state index is 13.3. The van der Waals surface area contributed by atoms with Crippen molar-refractivity contribution in [3.8, 4) is 0 Å². The zero-order valence-electron chi connectivity index (χ0n) is 17.1. The van der Waals surface area contributed by atoms with Crippen molar-refractivity contribution in [2.45, 2.75) is 75.3 Å². The number of thioether (sulfide) groups is 1. The summed E-state index contributed by atoms with van der Waals surface area (Å²) in [5, 5.41) is 12.6. The van der Waals surface area contributed by atoms with E-state index in [2.05, 4.69) is 15.5 Å². The summed E-state index contributed by atoms with van der Waals surface area (Å²) in [6.07, 6.45) is 7.77. The van der Waals surface area contributed by atoms with Crippen LogP contribution in [0.1, 0.15) is 50.5 Å². The maximum Gasteiger partial charge on any atom is 0.233 e. The van der Waals surface area contributed by atoms with Crippen LogP contribution < -0.4 is 0 Å². The molecule has 2 aromatic rings. The van der Waals surface area contributed by atoms with Crippen LogP contribution in [0.2, 0.25) is 0 Å². The van der Waals surface area contributed by atoms with Gasteiger partial charge in [-0.3, -0.25) is 4.79 Å². The molecule has 1 saturated carbocycles. The summed E-state index contributed by atoms with van der Waals surface area (Å²) in [5.41, 5.74) is 0.948. The number of ether oxygens (including phenoxy) is 1. The molecule has 4 rings (SSSR count). The molecule has 0 bridgehead atoms. The van der Waals surface area contributed by atoms with E-state index in [0.717, 1.165) is 50.7 Å². The highest BCUT2D eigenvalue weighted by molar-refractivity contribution is 7.99. The molecule has 9 heteroatoms. The molecule has 1 amide bonds. The summed E-state index contributed by atoms with van der Waals surface area (Å²) in [6.45, 7) is 1.91. The minimum atomic E-state index is -0.261. The summed E-state index contributed by atoms with van der Waals surface area (Å²) < 4.78 is 20.7. The summed E-state index contributed by atoms with van der Waals surface area (Å²) in [4.78, 5) is 15.2. The fourth-order valence-electron chi connectivity index (χ4n) is 4.20. The molecule has 30 heavy (non-hydrogen) atoms. The summed E-state index contributed by atoms with van der Waals surface area (Å²) in [5.74, 6) is 0.0923. The normalized spacial score (nSPS) is 19.8. The number of halogens is 1. The Morgan fingerprint density at radius 1 is 1.17 bits per heavy atom. The molecule has 2 aliphatic rings. The van der Waals surface area contributed by atoms with Gasteiger partial charge < -0.3 is 9.64 Å². The Hall–Kier alpha value is -2.00. The Labute approximate surface area is 180 Å². The number of hydrogen-bond acceptors (Lipinski definition) is 6. The number of nitrogens with zero attached hydrogens (tertiary/aromatic N) is 5. The Morgan fingerprint density at radius 2 is 1.97 bits per heavy atom. The Bertz CT molecular complexity index is 819. The highest BCUT2D eigenvalue weighted by atomic mass is 32.2. The van der Waals surface area contributed by atoms with Crippen molar-refractivity contribution in [1.82, 2.24) is 25.1 Å². The van der Waals surface area contributed by atoms with Crippen molar-refractivity contribution in [3.63, 3.8) is 0 Å². The molecule has 1 aromatic carbocycles. The minimum Gasteiger partial charge on any atom is -0.376 e. The van der Waals surface area contributed by atoms with Gasteiger partial charge in [0.2, 0.25) is 11.1 Å². The summed E-state index contributed by atoms with van der Waals surface area (Å²) in [6, 6.07) is 6.65. The molecule has 0 radical (unpaired) electrons. The number of aromatic nitrogens is 4. The van der Waals surface area contributed by atoms with E-state index in [1.54, 1.807) is 16.8 Å². The molecule has 1 aliphatic carbocycles. The standard InChI is InChI=1S/C21H28FN5O2S/c22-17-10-8-16(9-11-17)13-26(18-5-2-1-3-6-18)20(28)15-30-21-23-24-25-27(21)14-19-7-4-12-29-19/h8-11,18-19H,1-7,12-15H2/t19-/m0/s1. The maximum atomic E-state index is 13.3. The highest BCUT2D eigenvalue weighted by Crippen LogP contribution is 2.26. The molecule has 2 fully saturated rings. The molecule has 0 N–H and O–H groups in total. The molecule has 1 atom stereocenters. The molecule has 7 nitrogen and oxygen atoms in total. The molecule has 0 unspecified atom stereocenters. The van der Waals surface area contributed by atoms with Crippen LogP contribution in [0.15, 0.2) is 29.4 Å². The van der Waals surface area contributed by atoms with Crippen molar-refractivity contribution in [2.75, 3.05) is 12.4 Å². The lowest BCUT2D eigenvalue weighted by molar-refractivity contribution is -0.132. The van der Waals surface area contributed by atoms with Gasteiger partial charge in [-0.2, -0.15) is 0 Å². The van der Waals surface area contributed by atoms with Crippen molar-refractivity contribution >= 4 is 17.7 Å². The first-order valence-corrected chi connectivity index (χ1v) is 11.7. The second-order valence-electron chi connectivity index (χ2n) is 8.01. The smallest absolute Gasteiger partial charge is 0.233 e. The molecule has 162 valence electrons. The fraction of sp³-hybridized carbons (Fsp3) is 0.619. The van der Waals surface area contributed by atoms with Crippen LogP contribution >= 0.6 is 11.8 Å². The fourth-order valence-corrected chi connectivity index (χ4v) is 4.98. The second-order valence-corrected chi connectivity index (χ2v) is 8.95. The van der Waals surface area contributed by atoms with Crippen LogP contribution in [0.4, 0.5) is 4.39 Å². The average Bonchev–Trinajstić information content (AvgIpc) is 3.45. The largest absolute Gasteiger partial charge is 0.376 e. The predicted octanol–water partition coefficient (Wildman–Crippen LogP) is 3.44. The van der Waals surface area contributed by atoms with E-state index in [9.17, 15) is 9.18 Å². The first kappa shape index (κ1) is 21.2. The van der Waals surface area contributed by atoms with Gasteiger partial charge in [0.1, 0.15) is 5.82 Å². The molecular weight excluding hydrogens is 405 g/mol. The number of hydrogen-bond donors (Lipinski definition) is 0. The van der Waals surface area contributed by atoms with Gasteiger partial charge in [-0.25, -0.2) is 9.07 Å². The van der Waals surface area contributed by atoms with Gasteiger partial charge in [-0.15, -0.1) is 5.10 Å². The van der Waals surface area contributed by atoms with E-state index in [-0.39, 0.29) is 29.6 Å². The number of benzene rings is 1. The van der Waals surface area contributed by atoms with Gasteiger partial charge in [-0.1, -0.05) is 43.2 Å². The summed E-state index contributed by atoms with van der Waals surface area (Å²) in [7, 11) is 0. The minimum absolute atomic E-state index is 0.0721. The van der Waals surface area contributed by atoms with Crippen LogP contribution in [-0.2, 0) is 22.6 Å². The van der Waals surface area contributed by atoms with Crippen molar-refractivity contribution in [2.24, 2.45) is 0 Å². The first-order valence-electron chi connectivity index (χ1n) is 10.7. The van der Waals surface area contributed by atoms with Gasteiger partial charge in [0.15, 0.2) is 0 Å². The quantitative estimate of drug-likeness (QED) is 0.594. The number of amides is 1. The van der Waals surface area contributed by atoms with Gasteiger partial charge >= 0.3 is 0 Å².